The zero-order valence-corrected chi connectivity index (χ0v) is 19.3. The molecule has 2 aliphatic heterocycles. The molecule has 3 heterocycles. The molecule has 178 valence electrons. The molecule has 0 bridgehead atoms. The molecule has 3 aromatic rings. The van der Waals surface area contributed by atoms with Gasteiger partial charge in [0, 0.05) is 19.0 Å². The van der Waals surface area contributed by atoms with E-state index in [0.29, 0.717) is 36.0 Å². The number of hydrazone groups is 1. The number of likely N-dealkylation sites (tertiary alicyclic amines) is 1. The van der Waals surface area contributed by atoms with Crippen LogP contribution in [-0.2, 0) is 4.74 Å². The molecule has 1 saturated heterocycles. The summed E-state index contributed by atoms with van der Waals surface area (Å²) in [6, 6.07) is 10.7. The van der Waals surface area contributed by atoms with Crippen molar-refractivity contribution in [3.8, 4) is 11.1 Å². The molecule has 10 heteroatoms. The Morgan fingerprint density at radius 1 is 1.15 bits per heavy atom. The van der Waals surface area contributed by atoms with Gasteiger partial charge in [0.25, 0.3) is 0 Å². The number of rotatable bonds is 3. The maximum Gasteiger partial charge on any atom is 0.410 e. The third-order valence-electron chi connectivity index (χ3n) is 5.86. The Balaban J connectivity index is 1.30. The minimum absolute atomic E-state index is 0.133. The van der Waals surface area contributed by atoms with Crippen molar-refractivity contribution in [3.63, 3.8) is 0 Å². The van der Waals surface area contributed by atoms with Gasteiger partial charge in [0.2, 0.25) is 0 Å². The number of hydrogen-bond donors (Lipinski definition) is 3. The van der Waals surface area contributed by atoms with Gasteiger partial charge < -0.3 is 14.1 Å². The predicted octanol–water partition coefficient (Wildman–Crippen LogP) is 4.02. The number of hydrogen-bond acceptors (Lipinski definition) is 8. The van der Waals surface area contributed by atoms with E-state index in [1.54, 1.807) is 11.0 Å². The van der Waals surface area contributed by atoms with Crippen molar-refractivity contribution >= 4 is 23.0 Å². The predicted molar refractivity (Wildman–Crippen MR) is 125 cm³/mol. The van der Waals surface area contributed by atoms with Gasteiger partial charge in [0.15, 0.2) is 17.3 Å². The Morgan fingerprint density at radius 3 is 2.56 bits per heavy atom. The summed E-state index contributed by atoms with van der Waals surface area (Å²) in [6.07, 6.45) is 1.23. The number of nitrogens with one attached hydrogen (secondary N) is 3. The van der Waals surface area contributed by atoms with Crippen LogP contribution in [0.3, 0.4) is 0 Å². The van der Waals surface area contributed by atoms with E-state index in [0.717, 1.165) is 29.5 Å². The third kappa shape index (κ3) is 4.54. The molecular weight excluding hydrogens is 439 g/mol. The Kier molecular flexibility index (Phi) is 5.60. The fraction of sp³-hybridized carbons (Fsp3) is 0.375. The third-order valence-corrected chi connectivity index (χ3v) is 5.86. The number of amides is 1. The van der Waals surface area contributed by atoms with Gasteiger partial charge in [-0.15, -0.1) is 10.6 Å². The van der Waals surface area contributed by atoms with Gasteiger partial charge in [-0.25, -0.2) is 19.7 Å². The summed E-state index contributed by atoms with van der Waals surface area (Å²) in [5.41, 5.74) is 10.7. The van der Waals surface area contributed by atoms with Crippen molar-refractivity contribution in [3.05, 3.63) is 53.7 Å². The number of ether oxygens (including phenoxy) is 1. The highest BCUT2D eigenvalue weighted by atomic mass is 19.1. The Hall–Kier alpha value is -3.66. The standard InChI is InChI=1S/C24H27FN6O3/c1-24(2,3)34-23(32)31-10-8-14(9-11-31)22-26-19-13-16(5-7-20(19)33-22)15-4-6-17(18(25)12-15)21-27-29-30-28-21/h4-7,12-14,29-30H,8-11H2,1-3H3,(H,27,28). The minimum atomic E-state index is -0.509. The lowest BCUT2D eigenvalue weighted by Crippen LogP contribution is -2.41. The first-order valence-electron chi connectivity index (χ1n) is 11.3. The first kappa shape index (κ1) is 22.1. The number of piperidine rings is 1. The SMILES string of the molecule is CC(C)(C)OC(=O)N1CCC(c2nc3cc(-c4ccc(C5=NNNN5)c(F)c4)ccc3o2)CC1. The first-order chi connectivity index (χ1) is 16.3. The zero-order chi connectivity index (χ0) is 23.9. The van der Waals surface area contributed by atoms with E-state index in [9.17, 15) is 9.18 Å². The quantitative estimate of drug-likeness (QED) is 0.536. The maximum absolute atomic E-state index is 14.7. The van der Waals surface area contributed by atoms with Crippen LogP contribution < -0.4 is 16.5 Å². The van der Waals surface area contributed by atoms with Crippen molar-refractivity contribution < 1.29 is 18.3 Å². The molecule has 34 heavy (non-hydrogen) atoms. The Morgan fingerprint density at radius 2 is 1.88 bits per heavy atom. The number of benzene rings is 2. The van der Waals surface area contributed by atoms with Gasteiger partial charge in [-0.1, -0.05) is 12.1 Å². The number of oxazole rings is 1. The van der Waals surface area contributed by atoms with Crippen molar-refractivity contribution in [2.75, 3.05) is 13.1 Å². The number of nitrogens with zero attached hydrogens (tertiary/aromatic N) is 3. The summed E-state index contributed by atoms with van der Waals surface area (Å²) >= 11 is 0. The summed E-state index contributed by atoms with van der Waals surface area (Å²) in [6.45, 7) is 6.79. The summed E-state index contributed by atoms with van der Waals surface area (Å²) in [5.74, 6) is 0.807. The number of carbonyl (C=O) groups is 1. The second-order valence-corrected chi connectivity index (χ2v) is 9.49. The molecule has 0 saturated carbocycles. The zero-order valence-electron chi connectivity index (χ0n) is 19.3. The number of aromatic nitrogens is 1. The summed E-state index contributed by atoms with van der Waals surface area (Å²) < 4.78 is 26.2. The molecule has 2 aliphatic rings. The van der Waals surface area contributed by atoms with E-state index < -0.39 is 5.60 Å². The van der Waals surface area contributed by atoms with Gasteiger partial charge in [0.05, 0.1) is 5.56 Å². The monoisotopic (exact) mass is 466 g/mol. The van der Waals surface area contributed by atoms with Gasteiger partial charge >= 0.3 is 6.09 Å². The number of hydrazine groups is 2. The van der Waals surface area contributed by atoms with Crippen molar-refractivity contribution in [1.29, 1.82) is 0 Å². The van der Waals surface area contributed by atoms with Gasteiger partial charge in [-0.05, 0) is 69.0 Å². The second kappa shape index (κ2) is 8.60. The lowest BCUT2D eigenvalue weighted by molar-refractivity contribution is 0.0199. The van der Waals surface area contributed by atoms with Crippen LogP contribution in [0.25, 0.3) is 22.2 Å². The smallest absolute Gasteiger partial charge is 0.410 e. The summed E-state index contributed by atoms with van der Waals surface area (Å²) in [5, 5.41) is 3.94. The highest BCUT2D eigenvalue weighted by Crippen LogP contribution is 2.32. The van der Waals surface area contributed by atoms with Crippen LogP contribution in [0.1, 0.15) is 51.0 Å². The Labute approximate surface area is 196 Å². The van der Waals surface area contributed by atoms with Gasteiger partial charge in [-0.2, -0.15) is 0 Å². The fourth-order valence-electron chi connectivity index (χ4n) is 4.15. The number of fused-ring (bicyclic) bond motifs is 1. The lowest BCUT2D eigenvalue weighted by atomic mass is 9.97. The lowest BCUT2D eigenvalue weighted by Gasteiger charge is -2.32. The van der Waals surface area contributed by atoms with Crippen molar-refractivity contribution in [2.24, 2.45) is 5.10 Å². The highest BCUT2D eigenvalue weighted by Gasteiger charge is 2.29. The van der Waals surface area contributed by atoms with Crippen LogP contribution in [0.2, 0.25) is 0 Å². The molecule has 2 aromatic carbocycles. The second-order valence-electron chi connectivity index (χ2n) is 9.49. The van der Waals surface area contributed by atoms with E-state index in [1.165, 1.54) is 6.07 Å². The van der Waals surface area contributed by atoms with Crippen LogP contribution >= 0.6 is 0 Å². The largest absolute Gasteiger partial charge is 0.444 e. The van der Waals surface area contributed by atoms with Crippen molar-refractivity contribution in [1.82, 2.24) is 26.4 Å². The van der Waals surface area contributed by atoms with Gasteiger partial charge in [0.1, 0.15) is 16.9 Å². The van der Waals surface area contributed by atoms with E-state index in [4.69, 9.17) is 14.1 Å². The van der Waals surface area contributed by atoms with Gasteiger partial charge in [-0.3, -0.25) is 5.43 Å². The van der Waals surface area contributed by atoms with E-state index in [1.807, 2.05) is 45.0 Å². The summed E-state index contributed by atoms with van der Waals surface area (Å²) in [4.78, 5) is 18.8. The van der Waals surface area contributed by atoms with Crippen molar-refractivity contribution in [2.45, 2.75) is 45.1 Å². The molecule has 5 rings (SSSR count). The van der Waals surface area contributed by atoms with Crippen LogP contribution in [0.4, 0.5) is 9.18 Å². The minimum Gasteiger partial charge on any atom is -0.444 e. The average molecular weight is 467 g/mol. The molecule has 1 fully saturated rings. The van der Waals surface area contributed by atoms with E-state index >= 15 is 0 Å². The van der Waals surface area contributed by atoms with Crippen LogP contribution in [0.5, 0.6) is 0 Å². The Bertz CT molecular complexity index is 1260. The molecule has 0 radical (unpaired) electrons. The van der Waals surface area contributed by atoms with Crippen LogP contribution in [-0.4, -0.2) is 40.5 Å². The number of carbonyl (C=O) groups excluding carboxylic acids is 1. The highest BCUT2D eigenvalue weighted by molar-refractivity contribution is 5.99. The topological polar surface area (TPSA) is 104 Å². The molecule has 1 amide bonds. The molecule has 9 nitrogen and oxygen atoms in total. The van der Waals surface area contributed by atoms with E-state index in [-0.39, 0.29) is 17.8 Å². The number of amidine groups is 1. The maximum atomic E-state index is 14.7. The molecule has 0 aliphatic carbocycles. The molecule has 1 aromatic heterocycles. The van der Waals surface area contributed by atoms with Crippen LogP contribution in [0.15, 0.2) is 45.9 Å². The fourth-order valence-corrected chi connectivity index (χ4v) is 4.15. The molecule has 3 N–H and O–H groups in total. The molecular formula is C24H27FN6O3. The average Bonchev–Trinajstić information content (AvgIpc) is 3.47. The molecule has 0 spiro atoms. The van der Waals surface area contributed by atoms with Crippen LogP contribution in [0, 0.1) is 5.82 Å². The molecule has 0 unspecified atom stereocenters. The number of halogens is 1. The normalized spacial score (nSPS) is 16.8. The summed E-state index contributed by atoms with van der Waals surface area (Å²) in [7, 11) is 0. The molecule has 0 atom stereocenters. The first-order valence-corrected chi connectivity index (χ1v) is 11.3. The van der Waals surface area contributed by atoms with E-state index in [2.05, 4.69) is 21.6 Å².